The van der Waals surface area contributed by atoms with Gasteiger partial charge in [0.05, 0.1) is 16.9 Å². The van der Waals surface area contributed by atoms with Crippen LogP contribution in [0.2, 0.25) is 0 Å². The van der Waals surface area contributed by atoms with Crippen LogP contribution in [-0.4, -0.2) is 11.6 Å². The van der Waals surface area contributed by atoms with E-state index < -0.39 is 11.7 Å². The van der Waals surface area contributed by atoms with E-state index in [1.165, 1.54) is 17.0 Å². The summed E-state index contributed by atoms with van der Waals surface area (Å²) in [4.78, 5) is 18.8. The van der Waals surface area contributed by atoms with Crippen LogP contribution < -0.4 is 4.90 Å². The molecule has 1 amide bonds. The van der Waals surface area contributed by atoms with E-state index in [1.807, 2.05) is 18.2 Å². The van der Waals surface area contributed by atoms with Crippen molar-refractivity contribution in [1.82, 2.24) is 0 Å². The van der Waals surface area contributed by atoms with Gasteiger partial charge in [-0.15, -0.1) is 0 Å². The van der Waals surface area contributed by atoms with Gasteiger partial charge in [-0.25, -0.2) is 4.99 Å². The third-order valence-corrected chi connectivity index (χ3v) is 4.23. The number of amides is 1. The number of carbonyl (C=O) groups is 1. The molecule has 1 aliphatic heterocycles. The molecule has 0 aromatic heterocycles. The highest BCUT2D eigenvalue weighted by molar-refractivity contribution is 6.56. The first-order valence-electron chi connectivity index (χ1n) is 8.20. The number of hydrogen-bond donors (Lipinski definition) is 0. The molecule has 4 rings (SSSR count). The molecule has 3 aromatic carbocycles. The Labute approximate surface area is 153 Å². The van der Waals surface area contributed by atoms with Gasteiger partial charge in [-0.05, 0) is 36.4 Å². The molecular weight excluding hydrogens is 353 g/mol. The quantitative estimate of drug-likeness (QED) is 0.589. The Morgan fingerprint density at radius 2 is 1.52 bits per heavy atom. The van der Waals surface area contributed by atoms with E-state index in [0.29, 0.717) is 16.9 Å². The van der Waals surface area contributed by atoms with Gasteiger partial charge in [0.1, 0.15) is 5.71 Å². The fourth-order valence-corrected chi connectivity index (χ4v) is 3.02. The smallest absolute Gasteiger partial charge is 0.275 e. The lowest BCUT2D eigenvalue weighted by Crippen LogP contribution is -2.25. The van der Waals surface area contributed by atoms with E-state index in [-0.39, 0.29) is 17.3 Å². The van der Waals surface area contributed by atoms with Gasteiger partial charge in [0, 0.05) is 11.3 Å². The summed E-state index contributed by atoms with van der Waals surface area (Å²) in [5.41, 5.74) is 1.31. The number of benzene rings is 3. The molecule has 3 nitrogen and oxygen atoms in total. The van der Waals surface area contributed by atoms with Crippen LogP contribution in [0.3, 0.4) is 0 Å². The Bertz CT molecular complexity index is 1040. The topological polar surface area (TPSA) is 32.7 Å². The predicted molar refractivity (Wildman–Crippen MR) is 97.7 cm³/mol. The van der Waals surface area contributed by atoms with E-state index in [0.717, 1.165) is 12.1 Å². The van der Waals surface area contributed by atoms with E-state index in [1.54, 1.807) is 36.4 Å². The monoisotopic (exact) mass is 366 g/mol. The summed E-state index contributed by atoms with van der Waals surface area (Å²) in [6.45, 7) is 0. The summed E-state index contributed by atoms with van der Waals surface area (Å²) in [5, 5.41) is 0. The minimum absolute atomic E-state index is 0.0814. The fourth-order valence-electron chi connectivity index (χ4n) is 3.02. The third-order valence-electron chi connectivity index (χ3n) is 4.23. The average Bonchev–Trinajstić information content (AvgIpc) is 2.94. The lowest BCUT2D eigenvalue weighted by atomic mass is 10.1. The van der Waals surface area contributed by atoms with E-state index >= 15 is 0 Å². The molecule has 0 radical (unpaired) electrons. The number of halogens is 3. The highest BCUT2D eigenvalue weighted by Gasteiger charge is 2.35. The van der Waals surface area contributed by atoms with Gasteiger partial charge in [-0.3, -0.25) is 9.69 Å². The van der Waals surface area contributed by atoms with Crippen molar-refractivity contribution >= 4 is 28.7 Å². The Morgan fingerprint density at radius 3 is 2.26 bits per heavy atom. The molecule has 1 aliphatic rings. The maximum absolute atomic E-state index is 13.0. The summed E-state index contributed by atoms with van der Waals surface area (Å²) >= 11 is 0. The Hall–Kier alpha value is -3.41. The normalized spacial score (nSPS) is 15.3. The van der Waals surface area contributed by atoms with Gasteiger partial charge in [0.2, 0.25) is 0 Å². The largest absolute Gasteiger partial charge is 0.416 e. The van der Waals surface area contributed by atoms with Crippen molar-refractivity contribution in [3.63, 3.8) is 0 Å². The first-order chi connectivity index (χ1) is 12.9. The zero-order chi connectivity index (χ0) is 19.0. The van der Waals surface area contributed by atoms with Crippen LogP contribution in [0.5, 0.6) is 0 Å². The van der Waals surface area contributed by atoms with Crippen molar-refractivity contribution in [3.8, 4) is 0 Å². The highest BCUT2D eigenvalue weighted by Crippen LogP contribution is 2.37. The molecule has 1 heterocycles. The first kappa shape index (κ1) is 17.0. The second-order valence-electron chi connectivity index (χ2n) is 6.00. The average molecular weight is 366 g/mol. The number of alkyl halides is 3. The van der Waals surface area contributed by atoms with Crippen LogP contribution in [0.15, 0.2) is 83.9 Å². The number of fused-ring (bicyclic) bond motifs is 1. The number of para-hydroxylation sites is 2. The zero-order valence-electron chi connectivity index (χ0n) is 13.9. The van der Waals surface area contributed by atoms with E-state index in [4.69, 9.17) is 0 Å². The minimum Gasteiger partial charge on any atom is -0.275 e. The fraction of sp³-hybridized carbons (Fsp3) is 0.0476. The molecule has 3 aromatic rings. The van der Waals surface area contributed by atoms with E-state index in [9.17, 15) is 18.0 Å². The third kappa shape index (κ3) is 3.10. The molecule has 134 valence electrons. The van der Waals surface area contributed by atoms with Gasteiger partial charge in [-0.2, -0.15) is 13.2 Å². The lowest BCUT2D eigenvalue weighted by Gasteiger charge is -2.16. The highest BCUT2D eigenvalue weighted by atomic mass is 19.4. The molecule has 0 saturated carbocycles. The first-order valence-corrected chi connectivity index (χ1v) is 8.20. The molecule has 0 atom stereocenters. The maximum atomic E-state index is 13.0. The Morgan fingerprint density at radius 1 is 0.815 bits per heavy atom. The molecule has 0 unspecified atom stereocenters. The minimum atomic E-state index is -4.47. The molecule has 0 fully saturated rings. The van der Waals surface area contributed by atoms with Gasteiger partial charge < -0.3 is 0 Å². The summed E-state index contributed by atoms with van der Waals surface area (Å²) in [6.07, 6.45) is -4.47. The number of carbonyl (C=O) groups excluding carboxylic acids is 1. The van der Waals surface area contributed by atoms with Crippen LogP contribution in [-0.2, 0) is 11.0 Å². The van der Waals surface area contributed by atoms with Crippen molar-refractivity contribution in [1.29, 1.82) is 0 Å². The standard InChI is InChI=1S/C21H13F3N2O/c22-21(23,24)14-7-6-8-15(13-14)25-19-17-11-4-5-12-18(17)26(20(19)27)16-9-2-1-3-10-16/h1-13H/b25-19+. The van der Waals surface area contributed by atoms with Gasteiger partial charge >= 0.3 is 6.18 Å². The predicted octanol–water partition coefficient (Wildman–Crippen LogP) is 5.50. The van der Waals surface area contributed by atoms with Crippen LogP contribution in [0, 0.1) is 0 Å². The molecule has 27 heavy (non-hydrogen) atoms. The molecular formula is C21H13F3N2O. The summed E-state index contributed by atoms with van der Waals surface area (Å²) < 4.78 is 38.9. The Kier molecular flexibility index (Phi) is 4.03. The zero-order valence-corrected chi connectivity index (χ0v) is 13.9. The molecule has 0 N–H and O–H groups in total. The lowest BCUT2D eigenvalue weighted by molar-refractivity contribution is -0.137. The van der Waals surface area contributed by atoms with Crippen LogP contribution in [0.25, 0.3) is 0 Å². The SMILES string of the molecule is O=C1/C(=N/c2cccc(C(F)(F)F)c2)c2ccccc2N1c1ccccc1. The second kappa shape index (κ2) is 6.39. The molecule has 6 heteroatoms. The Balaban J connectivity index is 1.83. The summed E-state index contributed by atoms with van der Waals surface area (Å²) in [6, 6.07) is 20.8. The molecule has 0 spiro atoms. The number of aliphatic imine (C=N–C) groups is 1. The van der Waals surface area contributed by atoms with Crippen molar-refractivity contribution in [2.45, 2.75) is 6.18 Å². The molecule has 0 saturated heterocycles. The number of hydrogen-bond acceptors (Lipinski definition) is 2. The second-order valence-corrected chi connectivity index (χ2v) is 6.00. The summed E-state index contributed by atoms with van der Waals surface area (Å²) in [7, 11) is 0. The molecule has 0 aliphatic carbocycles. The number of nitrogens with zero attached hydrogens (tertiary/aromatic N) is 2. The number of rotatable bonds is 2. The van der Waals surface area contributed by atoms with Gasteiger partial charge in [0.15, 0.2) is 0 Å². The van der Waals surface area contributed by atoms with Crippen LogP contribution in [0.4, 0.5) is 30.2 Å². The van der Waals surface area contributed by atoms with E-state index in [2.05, 4.69) is 4.99 Å². The van der Waals surface area contributed by atoms with Crippen molar-refractivity contribution < 1.29 is 18.0 Å². The van der Waals surface area contributed by atoms with Crippen molar-refractivity contribution in [3.05, 3.63) is 90.0 Å². The van der Waals surface area contributed by atoms with Crippen LogP contribution >= 0.6 is 0 Å². The molecule has 0 bridgehead atoms. The van der Waals surface area contributed by atoms with Crippen molar-refractivity contribution in [2.75, 3.05) is 4.90 Å². The number of anilines is 2. The summed E-state index contributed by atoms with van der Waals surface area (Å²) in [5.74, 6) is -0.375. The van der Waals surface area contributed by atoms with Crippen LogP contribution in [0.1, 0.15) is 11.1 Å². The van der Waals surface area contributed by atoms with Gasteiger partial charge in [0.25, 0.3) is 5.91 Å². The van der Waals surface area contributed by atoms with Crippen molar-refractivity contribution in [2.24, 2.45) is 4.99 Å². The maximum Gasteiger partial charge on any atom is 0.416 e. The van der Waals surface area contributed by atoms with Gasteiger partial charge in [-0.1, -0.05) is 42.5 Å².